The summed E-state index contributed by atoms with van der Waals surface area (Å²) >= 11 is 0. The third-order valence-electron chi connectivity index (χ3n) is 3.63. The molecule has 0 saturated carbocycles. The van der Waals surface area contributed by atoms with E-state index >= 15 is 0 Å². The van der Waals surface area contributed by atoms with E-state index in [1.807, 2.05) is 0 Å². The number of aryl methyl sites for hydroxylation is 1. The maximum atomic E-state index is 12.1. The zero-order valence-electron chi connectivity index (χ0n) is 10.9. The molecule has 4 nitrogen and oxygen atoms in total. The predicted molar refractivity (Wildman–Crippen MR) is 70.7 cm³/mol. The van der Waals surface area contributed by atoms with E-state index in [-0.39, 0.29) is 17.7 Å². The Morgan fingerprint density at radius 2 is 2.28 bits per heavy atom. The van der Waals surface area contributed by atoms with E-state index in [1.165, 1.54) is 0 Å². The Balaban J connectivity index is 2.09. The topological polar surface area (TPSA) is 61.4 Å². The molecule has 0 aliphatic carbocycles. The number of hydrogen-bond acceptors (Lipinski definition) is 3. The minimum Gasteiger partial charge on any atom is -0.507 e. The van der Waals surface area contributed by atoms with Crippen molar-refractivity contribution in [3.05, 3.63) is 29.3 Å². The lowest BCUT2D eigenvalue weighted by atomic mass is 9.94. The van der Waals surface area contributed by atoms with Crippen LogP contribution in [0.4, 0.5) is 0 Å². The number of piperidine rings is 1. The van der Waals surface area contributed by atoms with Gasteiger partial charge in [0.25, 0.3) is 5.91 Å². The zero-order chi connectivity index (χ0) is 13.1. The van der Waals surface area contributed by atoms with E-state index in [0.717, 1.165) is 25.1 Å². The first kappa shape index (κ1) is 12.9. The maximum absolute atomic E-state index is 12.1. The van der Waals surface area contributed by atoms with Gasteiger partial charge in [0.15, 0.2) is 0 Å². The molecule has 2 rings (SSSR count). The van der Waals surface area contributed by atoms with Crippen LogP contribution < -0.4 is 10.6 Å². The summed E-state index contributed by atoms with van der Waals surface area (Å²) in [6, 6.07) is 5.35. The van der Waals surface area contributed by atoms with Gasteiger partial charge < -0.3 is 15.7 Å². The van der Waals surface area contributed by atoms with Crippen LogP contribution in [0.15, 0.2) is 18.2 Å². The van der Waals surface area contributed by atoms with Crippen molar-refractivity contribution in [1.29, 1.82) is 0 Å². The first-order chi connectivity index (χ1) is 8.59. The van der Waals surface area contributed by atoms with E-state index in [4.69, 9.17) is 0 Å². The van der Waals surface area contributed by atoms with Crippen molar-refractivity contribution in [2.45, 2.75) is 26.3 Å². The number of rotatable bonds is 2. The highest BCUT2D eigenvalue weighted by Crippen LogP contribution is 2.22. The van der Waals surface area contributed by atoms with Crippen molar-refractivity contribution in [1.82, 2.24) is 10.6 Å². The Morgan fingerprint density at radius 3 is 3.00 bits per heavy atom. The minimum absolute atomic E-state index is 0.0754. The molecule has 0 aromatic heterocycles. The third kappa shape index (κ3) is 2.64. The molecule has 4 heteroatoms. The number of hydrogen-bond donors (Lipinski definition) is 3. The smallest absolute Gasteiger partial charge is 0.255 e. The molecule has 1 aliphatic heterocycles. The molecule has 1 fully saturated rings. The first-order valence-corrected chi connectivity index (χ1v) is 6.39. The van der Waals surface area contributed by atoms with Gasteiger partial charge in [-0.2, -0.15) is 0 Å². The van der Waals surface area contributed by atoms with E-state index in [9.17, 15) is 9.90 Å². The molecule has 2 unspecified atom stereocenters. The molecule has 0 spiro atoms. The van der Waals surface area contributed by atoms with Gasteiger partial charge in [-0.15, -0.1) is 0 Å². The molecular weight excluding hydrogens is 228 g/mol. The van der Waals surface area contributed by atoms with Crippen LogP contribution in [0.25, 0.3) is 0 Å². The zero-order valence-corrected chi connectivity index (χ0v) is 10.9. The minimum atomic E-state index is -0.197. The van der Waals surface area contributed by atoms with Crippen LogP contribution in [-0.2, 0) is 0 Å². The molecule has 1 amide bonds. The summed E-state index contributed by atoms with van der Waals surface area (Å²) in [7, 11) is 0. The van der Waals surface area contributed by atoms with Crippen molar-refractivity contribution in [2.24, 2.45) is 5.92 Å². The van der Waals surface area contributed by atoms with Gasteiger partial charge in [0.05, 0.1) is 5.56 Å². The average Bonchev–Trinajstić information content (AvgIpc) is 2.35. The fourth-order valence-corrected chi connectivity index (χ4v) is 2.27. The normalized spacial score (nSPS) is 23.7. The lowest BCUT2D eigenvalue weighted by molar-refractivity contribution is 0.0912. The summed E-state index contributed by atoms with van der Waals surface area (Å²) in [5.74, 6) is 0.338. The molecule has 0 radical (unpaired) electrons. The third-order valence-corrected chi connectivity index (χ3v) is 3.63. The summed E-state index contributed by atoms with van der Waals surface area (Å²) in [5.41, 5.74) is 1.07. The van der Waals surface area contributed by atoms with Crippen LogP contribution in [0.2, 0.25) is 0 Å². The number of phenols is 1. The van der Waals surface area contributed by atoms with Crippen molar-refractivity contribution in [3.8, 4) is 5.75 Å². The van der Waals surface area contributed by atoms with Gasteiger partial charge in [0, 0.05) is 12.6 Å². The quantitative estimate of drug-likeness (QED) is 0.742. The van der Waals surface area contributed by atoms with Crippen LogP contribution in [0.5, 0.6) is 5.75 Å². The summed E-state index contributed by atoms with van der Waals surface area (Å²) in [6.07, 6.45) is 1.06. The number of carbonyl (C=O) groups is 1. The number of para-hydroxylation sites is 1. The van der Waals surface area contributed by atoms with E-state index in [1.54, 1.807) is 25.1 Å². The standard InChI is InChI=1S/C14H20N2O2/c1-9-6-7-15-8-12(9)16-14(18)11-5-3-4-10(2)13(11)17/h3-5,9,12,15,17H,6-8H2,1-2H3,(H,16,18). The fourth-order valence-electron chi connectivity index (χ4n) is 2.27. The number of nitrogens with one attached hydrogen (secondary N) is 2. The fraction of sp³-hybridized carbons (Fsp3) is 0.500. The van der Waals surface area contributed by atoms with Gasteiger partial charge in [-0.3, -0.25) is 4.79 Å². The van der Waals surface area contributed by atoms with Crippen molar-refractivity contribution in [3.63, 3.8) is 0 Å². The van der Waals surface area contributed by atoms with E-state index < -0.39 is 0 Å². The van der Waals surface area contributed by atoms with Crippen molar-refractivity contribution < 1.29 is 9.90 Å². The van der Waals surface area contributed by atoms with Gasteiger partial charge in [-0.1, -0.05) is 19.1 Å². The molecule has 18 heavy (non-hydrogen) atoms. The van der Waals surface area contributed by atoms with E-state index in [0.29, 0.717) is 11.5 Å². The van der Waals surface area contributed by atoms with Gasteiger partial charge in [0.2, 0.25) is 0 Å². The first-order valence-electron chi connectivity index (χ1n) is 6.39. The molecule has 3 N–H and O–H groups in total. The average molecular weight is 248 g/mol. The van der Waals surface area contributed by atoms with E-state index in [2.05, 4.69) is 17.6 Å². The summed E-state index contributed by atoms with van der Waals surface area (Å²) < 4.78 is 0. The van der Waals surface area contributed by atoms with Crippen LogP contribution in [0.1, 0.15) is 29.3 Å². The van der Waals surface area contributed by atoms with Gasteiger partial charge in [-0.25, -0.2) is 0 Å². The Hall–Kier alpha value is -1.55. The molecule has 1 saturated heterocycles. The summed E-state index contributed by atoms with van der Waals surface area (Å²) in [4.78, 5) is 12.1. The second kappa shape index (κ2) is 5.40. The number of amides is 1. The molecule has 1 aromatic rings. The Bertz CT molecular complexity index is 445. The molecule has 1 heterocycles. The molecular formula is C14H20N2O2. The maximum Gasteiger partial charge on any atom is 0.255 e. The Kier molecular flexibility index (Phi) is 3.87. The number of aromatic hydroxyl groups is 1. The highest BCUT2D eigenvalue weighted by molar-refractivity contribution is 5.97. The summed E-state index contributed by atoms with van der Waals surface area (Å²) in [6.45, 7) is 5.72. The monoisotopic (exact) mass is 248 g/mol. The van der Waals surface area contributed by atoms with Crippen LogP contribution in [0, 0.1) is 12.8 Å². The van der Waals surface area contributed by atoms with Crippen LogP contribution in [-0.4, -0.2) is 30.1 Å². The van der Waals surface area contributed by atoms with Crippen molar-refractivity contribution >= 4 is 5.91 Å². The second-order valence-corrected chi connectivity index (χ2v) is 5.02. The molecule has 0 bridgehead atoms. The lowest BCUT2D eigenvalue weighted by Gasteiger charge is -2.30. The summed E-state index contributed by atoms with van der Waals surface area (Å²) in [5, 5.41) is 16.1. The van der Waals surface area contributed by atoms with Gasteiger partial charge in [-0.05, 0) is 37.4 Å². The number of carbonyl (C=O) groups excluding carboxylic acids is 1. The molecule has 1 aliphatic rings. The largest absolute Gasteiger partial charge is 0.507 e. The lowest BCUT2D eigenvalue weighted by Crippen LogP contribution is -2.50. The van der Waals surface area contributed by atoms with Crippen LogP contribution in [0.3, 0.4) is 0 Å². The molecule has 1 aromatic carbocycles. The van der Waals surface area contributed by atoms with Crippen LogP contribution >= 0.6 is 0 Å². The molecule has 98 valence electrons. The Morgan fingerprint density at radius 1 is 1.50 bits per heavy atom. The highest BCUT2D eigenvalue weighted by Gasteiger charge is 2.24. The highest BCUT2D eigenvalue weighted by atomic mass is 16.3. The Labute approximate surface area is 107 Å². The molecule has 2 atom stereocenters. The number of phenolic OH excluding ortho intramolecular Hbond substituents is 1. The predicted octanol–water partition coefficient (Wildman–Crippen LogP) is 1.43. The van der Waals surface area contributed by atoms with Gasteiger partial charge in [0.1, 0.15) is 5.75 Å². The SMILES string of the molecule is Cc1cccc(C(=O)NC2CNCCC2C)c1O. The number of benzene rings is 1. The van der Waals surface area contributed by atoms with Gasteiger partial charge >= 0.3 is 0 Å². The second-order valence-electron chi connectivity index (χ2n) is 5.02. The van der Waals surface area contributed by atoms with Crippen molar-refractivity contribution in [2.75, 3.05) is 13.1 Å².